The second-order valence-electron chi connectivity index (χ2n) is 7.50. The minimum Gasteiger partial charge on any atom is -0.298 e. The Bertz CT molecular complexity index is 1080. The van der Waals surface area contributed by atoms with E-state index in [-0.39, 0.29) is 17.1 Å². The maximum atomic E-state index is 13.2. The van der Waals surface area contributed by atoms with E-state index in [0.29, 0.717) is 21.1 Å². The second-order valence-corrected chi connectivity index (χ2v) is 8.88. The van der Waals surface area contributed by atoms with Crippen LogP contribution in [0.5, 0.6) is 0 Å². The molecule has 0 amide bonds. The minimum absolute atomic E-state index is 0.101. The molecule has 0 aliphatic rings. The lowest BCUT2D eigenvalue weighted by molar-refractivity contribution is -0.123. The van der Waals surface area contributed by atoms with Crippen molar-refractivity contribution in [3.05, 3.63) is 63.4 Å². The molecule has 3 rings (SSSR count). The normalized spacial score (nSPS) is 11.7. The summed E-state index contributed by atoms with van der Waals surface area (Å²) in [7, 11) is 0. The van der Waals surface area contributed by atoms with E-state index in [2.05, 4.69) is 4.98 Å². The zero-order valence-corrected chi connectivity index (χ0v) is 17.3. The number of ketones is 1. The lowest BCUT2D eigenvalue weighted by Gasteiger charge is -2.17. The van der Waals surface area contributed by atoms with Crippen LogP contribution in [0.15, 0.2) is 52.4 Å². The third-order valence-electron chi connectivity index (χ3n) is 4.23. The Morgan fingerprint density at radius 3 is 2.59 bits per heavy atom. The molecule has 0 unspecified atom stereocenters. The fourth-order valence-corrected chi connectivity index (χ4v) is 3.92. The number of nitrogens with zero attached hydrogens (tertiary/aromatic N) is 2. The topological polar surface area (TPSA) is 52.0 Å². The van der Waals surface area contributed by atoms with Crippen LogP contribution in [0.3, 0.4) is 0 Å². The van der Waals surface area contributed by atoms with Gasteiger partial charge in [0.1, 0.15) is 5.78 Å². The van der Waals surface area contributed by atoms with Crippen molar-refractivity contribution < 1.29 is 4.79 Å². The molecule has 0 bridgehead atoms. The molecule has 2 aromatic carbocycles. The molecule has 140 valence electrons. The predicted molar refractivity (Wildman–Crippen MR) is 112 cm³/mol. The molecule has 0 spiro atoms. The Labute approximate surface area is 167 Å². The van der Waals surface area contributed by atoms with Gasteiger partial charge in [-0.3, -0.25) is 14.2 Å². The number of hydrogen-bond donors (Lipinski definition) is 0. The molecule has 3 aromatic rings. The molecule has 0 aliphatic carbocycles. The van der Waals surface area contributed by atoms with Crippen molar-refractivity contribution in [2.45, 2.75) is 32.9 Å². The van der Waals surface area contributed by atoms with Gasteiger partial charge in [-0.2, -0.15) is 0 Å². The Morgan fingerprint density at radius 2 is 1.93 bits per heavy atom. The number of thioether (sulfide) groups is 1. The van der Waals surface area contributed by atoms with Crippen LogP contribution < -0.4 is 5.56 Å². The summed E-state index contributed by atoms with van der Waals surface area (Å²) in [6.07, 6.45) is 0. The number of carbonyl (C=O) groups excluding carboxylic acids is 1. The quantitative estimate of drug-likeness (QED) is 0.454. The maximum Gasteiger partial charge on any atom is 0.266 e. The SMILES string of the molecule is Cc1cccc(-n2c(SCC(=O)C(C)(C)C)nc3cc(Cl)ccc3c2=O)c1. The van der Waals surface area contributed by atoms with Gasteiger partial charge < -0.3 is 0 Å². The van der Waals surface area contributed by atoms with E-state index in [9.17, 15) is 9.59 Å². The highest BCUT2D eigenvalue weighted by atomic mass is 35.5. The van der Waals surface area contributed by atoms with E-state index in [1.807, 2.05) is 52.0 Å². The molecule has 0 fully saturated rings. The third-order valence-corrected chi connectivity index (χ3v) is 5.40. The molecule has 0 saturated heterocycles. The Kier molecular flexibility index (Phi) is 5.45. The number of fused-ring (bicyclic) bond motifs is 1. The molecule has 4 nitrogen and oxygen atoms in total. The fourth-order valence-electron chi connectivity index (χ4n) is 2.58. The monoisotopic (exact) mass is 400 g/mol. The number of rotatable bonds is 4. The highest BCUT2D eigenvalue weighted by Gasteiger charge is 2.22. The van der Waals surface area contributed by atoms with Crippen LogP contribution in [0.1, 0.15) is 26.3 Å². The van der Waals surface area contributed by atoms with Crippen molar-refractivity contribution >= 4 is 40.0 Å². The molecule has 0 aliphatic heterocycles. The molecule has 0 radical (unpaired) electrons. The largest absolute Gasteiger partial charge is 0.298 e. The number of aryl methyl sites for hydroxylation is 1. The zero-order valence-electron chi connectivity index (χ0n) is 15.7. The van der Waals surface area contributed by atoms with Crippen LogP contribution in [0.4, 0.5) is 0 Å². The van der Waals surface area contributed by atoms with Gasteiger partial charge in [-0.15, -0.1) is 0 Å². The average Bonchev–Trinajstić information content (AvgIpc) is 2.58. The molecule has 0 N–H and O–H groups in total. The first kappa shape index (κ1) is 19.6. The highest BCUT2D eigenvalue weighted by molar-refractivity contribution is 7.99. The summed E-state index contributed by atoms with van der Waals surface area (Å²) in [5, 5.41) is 1.50. The summed E-state index contributed by atoms with van der Waals surface area (Å²) in [6.45, 7) is 7.63. The summed E-state index contributed by atoms with van der Waals surface area (Å²) >= 11 is 7.36. The molecule has 6 heteroatoms. The summed E-state index contributed by atoms with van der Waals surface area (Å²) in [6, 6.07) is 12.7. The van der Waals surface area contributed by atoms with E-state index in [1.54, 1.807) is 22.8 Å². The first-order valence-corrected chi connectivity index (χ1v) is 9.98. The van der Waals surface area contributed by atoms with Crippen molar-refractivity contribution in [2.24, 2.45) is 5.41 Å². The van der Waals surface area contributed by atoms with Crippen molar-refractivity contribution in [1.82, 2.24) is 9.55 Å². The van der Waals surface area contributed by atoms with Gasteiger partial charge in [0, 0.05) is 10.4 Å². The van der Waals surface area contributed by atoms with Crippen LogP contribution in [-0.4, -0.2) is 21.1 Å². The van der Waals surface area contributed by atoms with Crippen molar-refractivity contribution in [3.8, 4) is 5.69 Å². The summed E-state index contributed by atoms with van der Waals surface area (Å²) < 4.78 is 1.57. The van der Waals surface area contributed by atoms with Crippen LogP contribution in [0.25, 0.3) is 16.6 Å². The van der Waals surface area contributed by atoms with Gasteiger partial charge in [-0.05, 0) is 42.8 Å². The number of carbonyl (C=O) groups is 1. The van der Waals surface area contributed by atoms with Gasteiger partial charge in [0.2, 0.25) is 0 Å². The number of hydrogen-bond acceptors (Lipinski definition) is 4. The van der Waals surface area contributed by atoms with E-state index >= 15 is 0 Å². The van der Waals surface area contributed by atoms with E-state index in [1.165, 1.54) is 11.8 Å². The van der Waals surface area contributed by atoms with Gasteiger partial charge >= 0.3 is 0 Å². The van der Waals surface area contributed by atoms with Gasteiger partial charge in [-0.1, -0.05) is 56.3 Å². The highest BCUT2D eigenvalue weighted by Crippen LogP contribution is 2.26. The first-order valence-electron chi connectivity index (χ1n) is 8.62. The molecule has 1 heterocycles. The lowest BCUT2D eigenvalue weighted by atomic mass is 9.92. The summed E-state index contributed by atoms with van der Waals surface area (Å²) in [4.78, 5) is 30.2. The number of Topliss-reactive ketones (excluding diaryl/α,β-unsaturated/α-hetero) is 1. The Morgan fingerprint density at radius 1 is 1.19 bits per heavy atom. The third kappa shape index (κ3) is 4.25. The smallest absolute Gasteiger partial charge is 0.266 e. The summed E-state index contributed by atoms with van der Waals surface area (Å²) in [5.74, 6) is 0.345. The van der Waals surface area contributed by atoms with E-state index in [4.69, 9.17) is 11.6 Å². The van der Waals surface area contributed by atoms with Crippen LogP contribution >= 0.6 is 23.4 Å². The van der Waals surface area contributed by atoms with Crippen LogP contribution in [0, 0.1) is 12.3 Å². The minimum atomic E-state index is -0.443. The van der Waals surface area contributed by atoms with Gasteiger partial charge in [0.25, 0.3) is 5.56 Å². The number of aromatic nitrogens is 2. The van der Waals surface area contributed by atoms with E-state index < -0.39 is 5.41 Å². The lowest BCUT2D eigenvalue weighted by Crippen LogP contribution is -2.25. The number of halogens is 1. The molecular weight excluding hydrogens is 380 g/mol. The molecular formula is C21H21ClN2O2S. The first-order chi connectivity index (χ1) is 12.7. The average molecular weight is 401 g/mol. The van der Waals surface area contributed by atoms with Crippen molar-refractivity contribution in [3.63, 3.8) is 0 Å². The Balaban J connectivity index is 2.18. The van der Waals surface area contributed by atoms with Crippen molar-refractivity contribution in [2.75, 3.05) is 5.75 Å². The number of benzene rings is 2. The van der Waals surface area contributed by atoms with Crippen molar-refractivity contribution in [1.29, 1.82) is 0 Å². The maximum absolute atomic E-state index is 13.2. The van der Waals surface area contributed by atoms with E-state index in [0.717, 1.165) is 11.3 Å². The van der Waals surface area contributed by atoms with Crippen LogP contribution in [-0.2, 0) is 4.79 Å². The van der Waals surface area contributed by atoms with Gasteiger partial charge in [-0.25, -0.2) is 4.98 Å². The second kappa shape index (κ2) is 7.49. The molecule has 0 atom stereocenters. The standard InChI is InChI=1S/C21H21ClN2O2S/c1-13-6-5-7-15(10-13)24-19(26)16-9-8-14(22)11-17(16)23-20(24)27-12-18(25)21(2,3)4/h5-11H,12H2,1-4H3. The molecule has 1 aromatic heterocycles. The fraction of sp³-hybridized carbons (Fsp3) is 0.286. The zero-order chi connectivity index (χ0) is 19.8. The van der Waals surface area contributed by atoms with Crippen LogP contribution in [0.2, 0.25) is 5.02 Å². The molecule has 27 heavy (non-hydrogen) atoms. The summed E-state index contributed by atoms with van der Waals surface area (Å²) in [5.41, 5.74) is 1.68. The van der Waals surface area contributed by atoms with Gasteiger partial charge in [0.05, 0.1) is 22.3 Å². The Hall–Kier alpha value is -2.11. The predicted octanol–water partition coefficient (Wildman–Crippen LogP) is 5.05. The molecule has 0 saturated carbocycles. The van der Waals surface area contributed by atoms with Gasteiger partial charge in [0.15, 0.2) is 5.16 Å².